The Kier molecular flexibility index (Phi) is 4.10. The van der Waals surface area contributed by atoms with Gasteiger partial charge in [0.2, 0.25) is 0 Å². The van der Waals surface area contributed by atoms with Crippen molar-refractivity contribution in [3.8, 4) is 5.75 Å². The van der Waals surface area contributed by atoms with Gasteiger partial charge in [-0.2, -0.15) is 0 Å². The maximum atomic E-state index is 6.01. The summed E-state index contributed by atoms with van der Waals surface area (Å²) in [5.41, 5.74) is 6.01. The van der Waals surface area contributed by atoms with Crippen molar-refractivity contribution in [2.45, 2.75) is 18.9 Å². The van der Waals surface area contributed by atoms with Gasteiger partial charge in [-0.15, -0.1) is 12.4 Å². The number of rotatable bonds is 4. The van der Waals surface area contributed by atoms with Crippen LogP contribution in [-0.2, 0) is 0 Å². The van der Waals surface area contributed by atoms with Crippen molar-refractivity contribution in [2.75, 3.05) is 6.61 Å². The van der Waals surface area contributed by atoms with Crippen molar-refractivity contribution in [3.05, 3.63) is 42.5 Å². The molecule has 0 aliphatic heterocycles. The summed E-state index contributed by atoms with van der Waals surface area (Å²) in [4.78, 5) is 0. The molecule has 0 saturated heterocycles. The molecule has 0 aromatic heterocycles. The highest BCUT2D eigenvalue weighted by Gasteiger charge is 2.28. The molecule has 1 saturated carbocycles. The van der Waals surface area contributed by atoms with E-state index in [1.807, 2.05) is 18.2 Å². The fraction of sp³-hybridized carbons (Fsp3) is 0.333. The Bertz CT molecular complexity index is 525. The number of ether oxygens (including phenoxy) is 1. The minimum absolute atomic E-state index is 0. The summed E-state index contributed by atoms with van der Waals surface area (Å²) >= 11 is 0. The smallest absolute Gasteiger partial charge is 0.120 e. The van der Waals surface area contributed by atoms with Gasteiger partial charge in [0.15, 0.2) is 0 Å². The number of nitrogens with two attached hydrogens (primary N) is 1. The fourth-order valence-corrected chi connectivity index (χ4v) is 2.11. The van der Waals surface area contributed by atoms with Crippen LogP contribution in [0.5, 0.6) is 5.75 Å². The molecule has 1 aliphatic rings. The second kappa shape index (κ2) is 5.59. The lowest BCUT2D eigenvalue weighted by Crippen LogP contribution is -2.29. The molecule has 2 N–H and O–H groups in total. The number of hydrogen-bond acceptors (Lipinski definition) is 2. The first-order valence-corrected chi connectivity index (χ1v) is 6.20. The lowest BCUT2D eigenvalue weighted by molar-refractivity contribution is 0.276. The summed E-state index contributed by atoms with van der Waals surface area (Å²) in [6.07, 6.45) is 2.53. The molecule has 3 rings (SSSR count). The molecule has 2 nitrogen and oxygen atoms in total. The summed E-state index contributed by atoms with van der Waals surface area (Å²) in [5.74, 6) is 1.61. The third-order valence-electron chi connectivity index (χ3n) is 3.39. The molecule has 0 amide bonds. The van der Waals surface area contributed by atoms with Crippen LogP contribution in [0.4, 0.5) is 0 Å². The number of halogens is 1. The predicted molar refractivity (Wildman–Crippen MR) is 77.4 cm³/mol. The molecule has 18 heavy (non-hydrogen) atoms. The summed E-state index contributed by atoms with van der Waals surface area (Å²) in [5, 5.41) is 2.45. The van der Waals surface area contributed by atoms with Crippen molar-refractivity contribution >= 4 is 23.2 Å². The molecule has 96 valence electrons. The summed E-state index contributed by atoms with van der Waals surface area (Å²) in [6.45, 7) is 0.628. The van der Waals surface area contributed by atoms with Crippen molar-refractivity contribution in [2.24, 2.45) is 11.7 Å². The highest BCUT2D eigenvalue weighted by atomic mass is 35.5. The molecule has 3 heteroatoms. The van der Waals surface area contributed by atoms with E-state index in [1.54, 1.807) is 0 Å². The third-order valence-corrected chi connectivity index (χ3v) is 3.39. The lowest BCUT2D eigenvalue weighted by atomic mass is 10.1. The third kappa shape index (κ3) is 2.95. The van der Waals surface area contributed by atoms with E-state index < -0.39 is 0 Å². The topological polar surface area (TPSA) is 35.2 Å². The largest absolute Gasteiger partial charge is 0.492 e. The van der Waals surface area contributed by atoms with Gasteiger partial charge in [-0.25, -0.2) is 0 Å². The van der Waals surface area contributed by atoms with Gasteiger partial charge in [0.05, 0.1) is 0 Å². The molecule has 1 fully saturated rings. The first-order valence-electron chi connectivity index (χ1n) is 6.20. The summed E-state index contributed by atoms with van der Waals surface area (Å²) < 4.78 is 5.75. The van der Waals surface area contributed by atoms with E-state index in [1.165, 1.54) is 23.6 Å². The number of hydrogen-bond donors (Lipinski definition) is 1. The maximum absolute atomic E-state index is 6.01. The monoisotopic (exact) mass is 263 g/mol. The second-order valence-corrected chi connectivity index (χ2v) is 4.82. The maximum Gasteiger partial charge on any atom is 0.120 e. The van der Waals surface area contributed by atoms with Gasteiger partial charge in [-0.05, 0) is 41.7 Å². The van der Waals surface area contributed by atoms with Crippen molar-refractivity contribution < 1.29 is 4.74 Å². The van der Waals surface area contributed by atoms with Crippen LogP contribution in [0.2, 0.25) is 0 Å². The Morgan fingerprint density at radius 1 is 1.11 bits per heavy atom. The molecule has 1 unspecified atom stereocenters. The van der Waals surface area contributed by atoms with Gasteiger partial charge in [-0.3, -0.25) is 0 Å². The highest BCUT2D eigenvalue weighted by Crippen LogP contribution is 2.31. The molecule has 1 aliphatic carbocycles. The molecule has 0 heterocycles. The molecule has 2 aromatic rings. The fourth-order valence-electron chi connectivity index (χ4n) is 2.11. The second-order valence-electron chi connectivity index (χ2n) is 4.82. The van der Waals surface area contributed by atoms with Gasteiger partial charge in [-0.1, -0.05) is 30.3 Å². The van der Waals surface area contributed by atoms with E-state index in [9.17, 15) is 0 Å². The lowest BCUT2D eigenvalue weighted by Gasteiger charge is -2.12. The molecule has 0 radical (unpaired) electrons. The summed E-state index contributed by atoms with van der Waals surface area (Å²) in [7, 11) is 0. The van der Waals surface area contributed by atoms with Gasteiger partial charge < -0.3 is 10.5 Å². The first-order chi connectivity index (χ1) is 8.33. The Hall–Kier alpha value is -1.25. The predicted octanol–water partition coefficient (Wildman–Crippen LogP) is 3.38. The zero-order valence-electron chi connectivity index (χ0n) is 10.2. The Morgan fingerprint density at radius 3 is 2.56 bits per heavy atom. The van der Waals surface area contributed by atoms with Crippen LogP contribution in [-0.4, -0.2) is 12.6 Å². The van der Waals surface area contributed by atoms with Crippen LogP contribution >= 0.6 is 12.4 Å². The normalized spacial score (nSPS) is 16.1. The van der Waals surface area contributed by atoms with E-state index in [-0.39, 0.29) is 18.4 Å². The number of benzene rings is 2. The zero-order chi connectivity index (χ0) is 11.7. The van der Waals surface area contributed by atoms with Crippen LogP contribution < -0.4 is 10.5 Å². The Labute approximate surface area is 114 Å². The number of fused-ring (bicyclic) bond motifs is 1. The average molecular weight is 264 g/mol. The van der Waals surface area contributed by atoms with Gasteiger partial charge >= 0.3 is 0 Å². The van der Waals surface area contributed by atoms with Crippen LogP contribution in [0.15, 0.2) is 42.5 Å². The molecule has 0 bridgehead atoms. The zero-order valence-corrected chi connectivity index (χ0v) is 11.0. The first kappa shape index (κ1) is 13.2. The van der Waals surface area contributed by atoms with E-state index in [2.05, 4.69) is 24.3 Å². The molecular weight excluding hydrogens is 246 g/mol. The van der Waals surface area contributed by atoms with Crippen LogP contribution in [0.1, 0.15) is 12.8 Å². The molecule has 0 spiro atoms. The van der Waals surface area contributed by atoms with E-state index in [0.29, 0.717) is 12.5 Å². The van der Waals surface area contributed by atoms with Crippen molar-refractivity contribution in [3.63, 3.8) is 0 Å². The highest BCUT2D eigenvalue weighted by molar-refractivity contribution is 5.85. The SMILES string of the molecule is Cl.NC(COc1ccc2ccccc2c1)C1CC1. The van der Waals surface area contributed by atoms with Gasteiger partial charge in [0.1, 0.15) is 12.4 Å². The Morgan fingerprint density at radius 2 is 1.83 bits per heavy atom. The molecule has 1 atom stereocenters. The molecular formula is C15H18ClNO. The van der Waals surface area contributed by atoms with Crippen molar-refractivity contribution in [1.82, 2.24) is 0 Å². The van der Waals surface area contributed by atoms with E-state index in [4.69, 9.17) is 10.5 Å². The minimum Gasteiger partial charge on any atom is -0.492 e. The average Bonchev–Trinajstić information content (AvgIpc) is 3.20. The van der Waals surface area contributed by atoms with Crippen molar-refractivity contribution in [1.29, 1.82) is 0 Å². The van der Waals surface area contributed by atoms with Crippen LogP contribution in [0, 0.1) is 5.92 Å². The Balaban J connectivity index is 0.00000120. The van der Waals surface area contributed by atoms with Gasteiger partial charge in [0.25, 0.3) is 0 Å². The minimum atomic E-state index is 0. The van der Waals surface area contributed by atoms with Gasteiger partial charge in [0, 0.05) is 6.04 Å². The van der Waals surface area contributed by atoms with Crippen LogP contribution in [0.25, 0.3) is 10.8 Å². The van der Waals surface area contributed by atoms with E-state index >= 15 is 0 Å². The quantitative estimate of drug-likeness (QED) is 0.918. The van der Waals surface area contributed by atoms with E-state index in [0.717, 1.165) is 5.75 Å². The molecule has 2 aromatic carbocycles. The summed E-state index contributed by atoms with van der Waals surface area (Å²) in [6, 6.07) is 14.7. The standard InChI is InChI=1S/C15H17NO.ClH/c16-15(12-5-6-12)10-17-14-8-7-11-3-1-2-4-13(11)9-14;/h1-4,7-9,12,15H,5-6,10,16H2;1H. The van der Waals surface area contributed by atoms with Crippen LogP contribution in [0.3, 0.4) is 0 Å².